The number of carbonyl (C=O) groups is 2. The number of hydrogen-bond acceptors (Lipinski definition) is 4. The second-order valence-corrected chi connectivity index (χ2v) is 8.27. The van der Waals surface area contributed by atoms with E-state index in [0.717, 1.165) is 43.0 Å². The third kappa shape index (κ3) is 6.75. The van der Waals surface area contributed by atoms with Gasteiger partial charge < -0.3 is 15.5 Å². The number of rotatable bonds is 7. The molecule has 1 fully saturated rings. The molecular formula is C23H28ClFN4O2. The summed E-state index contributed by atoms with van der Waals surface area (Å²) in [7, 11) is 0. The number of amides is 2. The number of hydrogen-bond donors (Lipinski definition) is 2. The molecule has 0 unspecified atom stereocenters. The first kappa shape index (κ1) is 23.2. The Labute approximate surface area is 187 Å². The van der Waals surface area contributed by atoms with Gasteiger partial charge in [-0.2, -0.15) is 0 Å². The van der Waals surface area contributed by atoms with Crippen LogP contribution in [-0.2, 0) is 9.59 Å². The molecule has 0 spiro atoms. The first-order valence-electron chi connectivity index (χ1n) is 10.4. The van der Waals surface area contributed by atoms with Crippen molar-refractivity contribution in [1.29, 1.82) is 0 Å². The minimum Gasteiger partial charge on any atom is -0.325 e. The van der Waals surface area contributed by atoms with Crippen molar-refractivity contribution >= 4 is 34.8 Å². The molecule has 0 aliphatic carbocycles. The highest BCUT2D eigenvalue weighted by molar-refractivity contribution is 6.30. The summed E-state index contributed by atoms with van der Waals surface area (Å²) in [5.41, 5.74) is 3.22. The first-order chi connectivity index (χ1) is 14.8. The predicted molar refractivity (Wildman–Crippen MR) is 122 cm³/mol. The Bertz CT molecular complexity index is 945. The number of carbonyl (C=O) groups excluding carboxylic acids is 2. The van der Waals surface area contributed by atoms with E-state index in [9.17, 15) is 14.0 Å². The Morgan fingerprint density at radius 2 is 1.65 bits per heavy atom. The van der Waals surface area contributed by atoms with Gasteiger partial charge in [-0.15, -0.1) is 0 Å². The van der Waals surface area contributed by atoms with Crippen LogP contribution in [0.15, 0.2) is 36.4 Å². The van der Waals surface area contributed by atoms with Crippen LogP contribution in [0, 0.1) is 19.7 Å². The lowest BCUT2D eigenvalue weighted by atomic mass is 10.1. The molecule has 1 heterocycles. The van der Waals surface area contributed by atoms with Crippen molar-refractivity contribution in [2.45, 2.75) is 20.3 Å². The molecule has 3 rings (SSSR count). The number of piperazine rings is 1. The maximum Gasteiger partial charge on any atom is 0.238 e. The van der Waals surface area contributed by atoms with Crippen molar-refractivity contribution in [2.75, 3.05) is 49.9 Å². The topological polar surface area (TPSA) is 64.7 Å². The van der Waals surface area contributed by atoms with Gasteiger partial charge in [-0.25, -0.2) is 4.39 Å². The summed E-state index contributed by atoms with van der Waals surface area (Å²) in [5.74, 6) is -0.809. The highest BCUT2D eigenvalue weighted by Crippen LogP contribution is 2.19. The number of aryl methyl sites for hydroxylation is 1. The molecule has 2 N–H and O–H groups in total. The highest BCUT2D eigenvalue weighted by Gasteiger charge is 2.20. The van der Waals surface area contributed by atoms with Gasteiger partial charge in [-0.1, -0.05) is 23.7 Å². The smallest absolute Gasteiger partial charge is 0.238 e. The monoisotopic (exact) mass is 446 g/mol. The van der Waals surface area contributed by atoms with E-state index in [1.165, 1.54) is 18.2 Å². The van der Waals surface area contributed by atoms with Gasteiger partial charge in [0.05, 0.1) is 12.2 Å². The molecule has 2 aromatic rings. The Morgan fingerprint density at radius 1 is 0.968 bits per heavy atom. The van der Waals surface area contributed by atoms with Crippen molar-refractivity contribution < 1.29 is 14.0 Å². The zero-order valence-corrected chi connectivity index (χ0v) is 18.6. The average molecular weight is 447 g/mol. The van der Waals surface area contributed by atoms with E-state index in [1.54, 1.807) is 0 Å². The molecule has 1 aliphatic heterocycles. The third-order valence-electron chi connectivity index (χ3n) is 5.57. The maximum absolute atomic E-state index is 13.8. The second kappa shape index (κ2) is 10.7. The van der Waals surface area contributed by atoms with E-state index >= 15 is 0 Å². The third-order valence-corrected chi connectivity index (χ3v) is 5.81. The fraction of sp³-hybridized carbons (Fsp3) is 0.391. The Balaban J connectivity index is 1.38. The van der Waals surface area contributed by atoms with Crippen LogP contribution in [0.25, 0.3) is 0 Å². The molecule has 0 bridgehead atoms. The van der Waals surface area contributed by atoms with Gasteiger partial charge in [0.25, 0.3) is 0 Å². The molecule has 2 aromatic carbocycles. The van der Waals surface area contributed by atoms with E-state index in [1.807, 2.05) is 32.0 Å². The maximum atomic E-state index is 13.8. The van der Waals surface area contributed by atoms with Crippen molar-refractivity contribution in [2.24, 2.45) is 0 Å². The van der Waals surface area contributed by atoms with Gasteiger partial charge in [-0.05, 0) is 49.2 Å². The van der Waals surface area contributed by atoms with E-state index in [0.29, 0.717) is 13.1 Å². The molecule has 8 heteroatoms. The molecule has 31 heavy (non-hydrogen) atoms. The normalized spacial score (nSPS) is 15.0. The lowest BCUT2D eigenvalue weighted by Crippen LogP contribution is -2.49. The fourth-order valence-corrected chi connectivity index (χ4v) is 3.67. The van der Waals surface area contributed by atoms with Crippen molar-refractivity contribution in [3.05, 3.63) is 58.4 Å². The van der Waals surface area contributed by atoms with Gasteiger partial charge in [0.15, 0.2) is 0 Å². The summed E-state index contributed by atoms with van der Waals surface area (Å²) < 4.78 is 13.8. The molecule has 1 saturated heterocycles. The van der Waals surface area contributed by atoms with Gasteiger partial charge in [0, 0.05) is 49.9 Å². The van der Waals surface area contributed by atoms with Crippen LogP contribution < -0.4 is 10.6 Å². The average Bonchev–Trinajstić information content (AvgIpc) is 2.73. The van der Waals surface area contributed by atoms with Crippen molar-refractivity contribution in [3.8, 4) is 0 Å². The molecule has 6 nitrogen and oxygen atoms in total. The number of benzene rings is 2. The fourth-order valence-electron chi connectivity index (χ4n) is 3.51. The van der Waals surface area contributed by atoms with Gasteiger partial charge in [-0.3, -0.25) is 14.5 Å². The minimum atomic E-state index is -0.548. The predicted octanol–water partition coefficient (Wildman–Crippen LogP) is 3.68. The number of nitrogens with one attached hydrogen (secondary N) is 2. The van der Waals surface area contributed by atoms with Crippen LogP contribution in [0.4, 0.5) is 15.8 Å². The molecular weight excluding hydrogens is 419 g/mol. The molecule has 166 valence electrons. The van der Waals surface area contributed by atoms with Crippen LogP contribution in [0.3, 0.4) is 0 Å². The zero-order valence-electron chi connectivity index (χ0n) is 17.9. The van der Waals surface area contributed by atoms with Crippen molar-refractivity contribution in [3.63, 3.8) is 0 Å². The first-order valence-corrected chi connectivity index (χ1v) is 10.8. The van der Waals surface area contributed by atoms with E-state index < -0.39 is 5.82 Å². The number of halogens is 2. The molecule has 0 atom stereocenters. The highest BCUT2D eigenvalue weighted by atomic mass is 35.5. The van der Waals surface area contributed by atoms with Crippen LogP contribution in [0.5, 0.6) is 0 Å². The van der Waals surface area contributed by atoms with E-state index in [4.69, 9.17) is 11.6 Å². The lowest BCUT2D eigenvalue weighted by Gasteiger charge is -2.34. The van der Waals surface area contributed by atoms with Crippen LogP contribution in [0.1, 0.15) is 17.5 Å². The standard InChI is InChI=1S/C23H28ClFN4O2/c1-16-4-3-5-20(17(16)2)26-23(31)15-29-12-10-28(11-13-29)9-8-22(30)27-21-7-6-18(24)14-19(21)25/h3-7,14H,8-13,15H2,1-2H3,(H,26,31)(H,27,30). The summed E-state index contributed by atoms with van der Waals surface area (Å²) >= 11 is 5.72. The second-order valence-electron chi connectivity index (χ2n) is 7.84. The van der Waals surface area contributed by atoms with E-state index in [2.05, 4.69) is 20.4 Å². The molecule has 0 radical (unpaired) electrons. The molecule has 2 amide bonds. The number of anilines is 2. The zero-order chi connectivity index (χ0) is 22.4. The molecule has 0 aromatic heterocycles. The Hall–Kier alpha value is -2.48. The van der Waals surface area contributed by atoms with E-state index in [-0.39, 0.29) is 28.9 Å². The van der Waals surface area contributed by atoms with Gasteiger partial charge in [0.2, 0.25) is 11.8 Å². The quantitative estimate of drug-likeness (QED) is 0.681. The largest absolute Gasteiger partial charge is 0.325 e. The summed E-state index contributed by atoms with van der Waals surface area (Å²) in [6, 6.07) is 10.0. The summed E-state index contributed by atoms with van der Waals surface area (Å²) in [6.45, 7) is 8.03. The van der Waals surface area contributed by atoms with Crippen LogP contribution >= 0.6 is 11.6 Å². The van der Waals surface area contributed by atoms with Crippen LogP contribution in [0.2, 0.25) is 5.02 Å². The molecule has 0 saturated carbocycles. The summed E-state index contributed by atoms with van der Waals surface area (Å²) in [5, 5.41) is 5.86. The minimum absolute atomic E-state index is 0.0217. The number of nitrogens with zero attached hydrogens (tertiary/aromatic N) is 2. The molecule has 1 aliphatic rings. The lowest BCUT2D eigenvalue weighted by molar-refractivity contribution is -0.117. The SMILES string of the molecule is Cc1cccc(NC(=O)CN2CCN(CCC(=O)Nc3ccc(Cl)cc3F)CC2)c1C. The van der Waals surface area contributed by atoms with Gasteiger partial charge in [0.1, 0.15) is 5.82 Å². The van der Waals surface area contributed by atoms with Gasteiger partial charge >= 0.3 is 0 Å². The Morgan fingerprint density at radius 3 is 2.35 bits per heavy atom. The Kier molecular flexibility index (Phi) is 8.01. The summed E-state index contributed by atoms with van der Waals surface area (Å²) in [6.07, 6.45) is 0.273. The van der Waals surface area contributed by atoms with Crippen molar-refractivity contribution in [1.82, 2.24) is 9.80 Å². The summed E-state index contributed by atoms with van der Waals surface area (Å²) in [4.78, 5) is 28.8. The van der Waals surface area contributed by atoms with Crippen LogP contribution in [-0.4, -0.2) is 60.9 Å².